The summed E-state index contributed by atoms with van der Waals surface area (Å²) < 4.78 is 1.99. The molecule has 2 N–H and O–H groups in total. The highest BCUT2D eigenvalue weighted by molar-refractivity contribution is 8.00. The van der Waals surface area contributed by atoms with Crippen LogP contribution in [0.4, 0.5) is 16.4 Å². The van der Waals surface area contributed by atoms with Gasteiger partial charge in [0.15, 0.2) is 5.16 Å². The van der Waals surface area contributed by atoms with Crippen LogP contribution in [0.5, 0.6) is 0 Å². The fraction of sp³-hybridized carbons (Fsp3) is 0.304. The summed E-state index contributed by atoms with van der Waals surface area (Å²) in [5.41, 5.74) is 2.72. The van der Waals surface area contributed by atoms with Crippen LogP contribution in [0.3, 0.4) is 0 Å². The van der Waals surface area contributed by atoms with E-state index in [2.05, 4.69) is 25.7 Å². The molecule has 32 heavy (non-hydrogen) atoms. The third kappa shape index (κ3) is 5.11. The first-order valence-corrected chi connectivity index (χ1v) is 11.5. The Balaban J connectivity index is 1.49. The zero-order chi connectivity index (χ0) is 22.5. The fourth-order valence-corrected chi connectivity index (χ4v) is 4.35. The summed E-state index contributed by atoms with van der Waals surface area (Å²) in [5.74, 6) is 0.382. The van der Waals surface area contributed by atoms with Crippen LogP contribution in [0.2, 0.25) is 0 Å². The molecule has 1 unspecified atom stereocenters. The minimum absolute atomic E-state index is 0.399. The van der Waals surface area contributed by atoms with E-state index in [-0.39, 0.29) is 0 Å². The average molecular weight is 451 g/mol. The van der Waals surface area contributed by atoms with Crippen LogP contribution in [-0.2, 0) is 4.79 Å². The highest BCUT2D eigenvalue weighted by Gasteiger charge is 2.25. The number of imide groups is 1. The van der Waals surface area contributed by atoms with Crippen LogP contribution in [0.15, 0.2) is 59.8 Å². The van der Waals surface area contributed by atoms with Gasteiger partial charge in [-0.3, -0.25) is 14.7 Å². The Bertz CT molecular complexity index is 1080. The summed E-state index contributed by atoms with van der Waals surface area (Å²) in [4.78, 5) is 27.0. The van der Waals surface area contributed by atoms with Crippen LogP contribution < -0.4 is 15.5 Å². The molecular formula is C23H26N6O2S. The Morgan fingerprint density at radius 2 is 1.69 bits per heavy atom. The van der Waals surface area contributed by atoms with E-state index in [4.69, 9.17) is 0 Å². The molecule has 1 atom stereocenters. The molecule has 0 radical (unpaired) electrons. The molecule has 1 aliphatic heterocycles. The number of benzene rings is 2. The minimum Gasteiger partial charge on any atom is -0.341 e. The molecular weight excluding hydrogens is 424 g/mol. The van der Waals surface area contributed by atoms with Gasteiger partial charge in [-0.25, -0.2) is 4.79 Å². The number of aromatic nitrogens is 3. The molecule has 8 nitrogen and oxygen atoms in total. The van der Waals surface area contributed by atoms with Crippen molar-refractivity contribution in [2.24, 2.45) is 0 Å². The van der Waals surface area contributed by atoms with E-state index in [0.29, 0.717) is 10.8 Å². The number of rotatable bonds is 6. The van der Waals surface area contributed by atoms with Gasteiger partial charge in [-0.05, 0) is 51.0 Å². The van der Waals surface area contributed by atoms with Crippen molar-refractivity contribution >= 4 is 35.3 Å². The molecule has 1 fully saturated rings. The van der Waals surface area contributed by atoms with E-state index < -0.39 is 17.2 Å². The smallest absolute Gasteiger partial charge is 0.325 e. The van der Waals surface area contributed by atoms with Gasteiger partial charge >= 0.3 is 6.03 Å². The van der Waals surface area contributed by atoms with Crippen molar-refractivity contribution < 1.29 is 9.59 Å². The summed E-state index contributed by atoms with van der Waals surface area (Å²) in [6, 6.07) is 16.6. The Hall–Kier alpha value is -3.33. The van der Waals surface area contributed by atoms with Gasteiger partial charge in [0.1, 0.15) is 0 Å². The molecule has 2 heterocycles. The van der Waals surface area contributed by atoms with Crippen LogP contribution in [0.1, 0.15) is 25.3 Å². The zero-order valence-corrected chi connectivity index (χ0v) is 18.9. The molecule has 0 spiro atoms. The second kappa shape index (κ2) is 9.86. The molecule has 1 saturated heterocycles. The Kier molecular flexibility index (Phi) is 6.75. The lowest BCUT2D eigenvalue weighted by atomic mass is 10.2. The first kappa shape index (κ1) is 21.9. The average Bonchev–Trinajstić information content (AvgIpc) is 3.45. The maximum atomic E-state index is 12.6. The second-order valence-corrected chi connectivity index (χ2v) is 9.03. The summed E-state index contributed by atoms with van der Waals surface area (Å²) >= 11 is 1.28. The van der Waals surface area contributed by atoms with Gasteiger partial charge in [0, 0.05) is 18.8 Å². The lowest BCUT2D eigenvalue weighted by Gasteiger charge is -2.19. The summed E-state index contributed by atoms with van der Waals surface area (Å²) in [6.45, 7) is 5.66. The predicted molar refractivity (Wildman–Crippen MR) is 126 cm³/mol. The number of nitrogens with one attached hydrogen (secondary N) is 2. The van der Waals surface area contributed by atoms with Crippen molar-refractivity contribution in [3.63, 3.8) is 0 Å². The Morgan fingerprint density at radius 1 is 1.00 bits per heavy atom. The number of carbonyl (C=O) groups excluding carboxylic acids is 2. The minimum atomic E-state index is -0.564. The highest BCUT2D eigenvalue weighted by atomic mass is 32.2. The van der Waals surface area contributed by atoms with Gasteiger partial charge < -0.3 is 10.2 Å². The van der Waals surface area contributed by atoms with E-state index in [1.807, 2.05) is 54.0 Å². The zero-order valence-electron chi connectivity index (χ0n) is 18.1. The highest BCUT2D eigenvalue weighted by Crippen LogP contribution is 2.30. The number of anilines is 2. The van der Waals surface area contributed by atoms with E-state index in [0.717, 1.165) is 43.1 Å². The number of thioether (sulfide) groups is 1. The van der Waals surface area contributed by atoms with Crippen molar-refractivity contribution in [1.29, 1.82) is 0 Å². The maximum absolute atomic E-state index is 12.6. The van der Waals surface area contributed by atoms with E-state index in [9.17, 15) is 9.59 Å². The number of carbonyl (C=O) groups is 2. The fourth-order valence-electron chi connectivity index (χ4n) is 3.49. The second-order valence-electron chi connectivity index (χ2n) is 7.72. The van der Waals surface area contributed by atoms with E-state index >= 15 is 0 Å². The molecule has 2 aromatic carbocycles. The number of aryl methyl sites for hydroxylation is 1. The molecule has 1 aliphatic rings. The largest absolute Gasteiger partial charge is 0.341 e. The van der Waals surface area contributed by atoms with Crippen molar-refractivity contribution in [2.45, 2.75) is 37.1 Å². The lowest BCUT2D eigenvalue weighted by Crippen LogP contribution is -2.39. The molecule has 0 bridgehead atoms. The maximum Gasteiger partial charge on any atom is 0.325 e. The number of urea groups is 1. The first-order valence-electron chi connectivity index (χ1n) is 10.6. The number of amides is 3. The molecule has 3 amide bonds. The van der Waals surface area contributed by atoms with Crippen molar-refractivity contribution in [3.05, 3.63) is 60.2 Å². The van der Waals surface area contributed by atoms with E-state index in [1.165, 1.54) is 11.8 Å². The van der Waals surface area contributed by atoms with Crippen LogP contribution in [-0.4, -0.2) is 45.0 Å². The van der Waals surface area contributed by atoms with Crippen LogP contribution in [0.25, 0.3) is 5.69 Å². The molecule has 0 saturated carbocycles. The van der Waals surface area contributed by atoms with Crippen LogP contribution >= 0.6 is 11.8 Å². The van der Waals surface area contributed by atoms with Gasteiger partial charge in [0.2, 0.25) is 11.9 Å². The Labute approximate surface area is 191 Å². The number of hydrogen-bond acceptors (Lipinski definition) is 6. The number of nitrogens with zero attached hydrogens (tertiary/aromatic N) is 4. The molecule has 0 aliphatic carbocycles. The van der Waals surface area contributed by atoms with Crippen molar-refractivity contribution in [1.82, 2.24) is 20.1 Å². The molecule has 1 aromatic heterocycles. The normalized spacial score (nSPS) is 14.2. The summed E-state index contributed by atoms with van der Waals surface area (Å²) in [7, 11) is 0. The predicted octanol–water partition coefficient (Wildman–Crippen LogP) is 4.00. The van der Waals surface area contributed by atoms with Gasteiger partial charge in [-0.2, -0.15) is 0 Å². The standard InChI is InChI=1S/C23H26N6O2S/c1-16-10-12-19(13-11-16)29-22(28-14-6-7-15-28)26-27-23(29)32-17(2)20(30)25-21(31)24-18-8-4-3-5-9-18/h3-5,8-13,17H,6-7,14-15H2,1-2H3,(H2,24,25,30,31). The lowest BCUT2D eigenvalue weighted by molar-refractivity contribution is -0.119. The summed E-state index contributed by atoms with van der Waals surface area (Å²) in [6.07, 6.45) is 2.25. The summed E-state index contributed by atoms with van der Waals surface area (Å²) in [5, 5.41) is 13.9. The van der Waals surface area contributed by atoms with Crippen molar-refractivity contribution in [3.8, 4) is 5.69 Å². The third-order valence-corrected chi connectivity index (χ3v) is 6.26. The van der Waals surface area contributed by atoms with Gasteiger partial charge in [0.25, 0.3) is 0 Å². The van der Waals surface area contributed by atoms with Gasteiger partial charge in [0.05, 0.1) is 10.9 Å². The third-order valence-electron chi connectivity index (χ3n) is 5.22. The van der Waals surface area contributed by atoms with E-state index in [1.54, 1.807) is 19.1 Å². The van der Waals surface area contributed by atoms with Gasteiger partial charge in [-0.1, -0.05) is 47.7 Å². The quantitative estimate of drug-likeness (QED) is 0.552. The first-order chi connectivity index (χ1) is 15.5. The number of para-hydroxylation sites is 1. The van der Waals surface area contributed by atoms with Gasteiger partial charge in [-0.15, -0.1) is 10.2 Å². The molecule has 4 rings (SSSR count). The molecule has 166 valence electrons. The number of hydrogen-bond donors (Lipinski definition) is 2. The topological polar surface area (TPSA) is 92.2 Å². The SMILES string of the molecule is Cc1ccc(-n2c(SC(C)C(=O)NC(=O)Nc3ccccc3)nnc2N2CCCC2)cc1. The molecule has 3 aromatic rings. The van der Waals surface area contributed by atoms with Crippen molar-refractivity contribution in [2.75, 3.05) is 23.3 Å². The monoisotopic (exact) mass is 450 g/mol. The molecule has 9 heteroatoms. The Morgan fingerprint density at radius 3 is 2.38 bits per heavy atom. The van der Waals surface area contributed by atoms with Crippen LogP contribution in [0, 0.1) is 6.92 Å².